The molecular weight excluding hydrogens is 298 g/mol. The van der Waals surface area contributed by atoms with Crippen molar-refractivity contribution in [2.45, 2.75) is 52.0 Å². The topological polar surface area (TPSA) is 12.5 Å². The molecule has 1 saturated heterocycles. The highest BCUT2D eigenvalue weighted by molar-refractivity contribution is 6.59. The smallest absolute Gasteiger partial charge is 0.146 e. The molecule has 0 amide bonds. The number of ether oxygens (including phenoxy) is 1. The molecule has 0 saturated carbocycles. The minimum absolute atomic E-state index is 0.361. The van der Waals surface area contributed by atoms with Gasteiger partial charge in [0.2, 0.25) is 0 Å². The normalized spacial score (nSPS) is 27.5. The molecule has 3 heteroatoms. The van der Waals surface area contributed by atoms with Crippen LogP contribution in [0.25, 0.3) is 10.8 Å². The highest BCUT2D eigenvalue weighted by atomic mass is 28.3. The summed E-state index contributed by atoms with van der Waals surface area (Å²) < 4.78 is 8.67. The van der Waals surface area contributed by atoms with Crippen molar-refractivity contribution in [2.24, 2.45) is 0 Å². The van der Waals surface area contributed by atoms with Crippen molar-refractivity contribution >= 4 is 19.7 Å². The first-order valence-electron chi connectivity index (χ1n) is 8.74. The Balaban J connectivity index is 1.70. The first-order valence-corrected chi connectivity index (χ1v) is 10.8. The average Bonchev–Trinajstić information content (AvgIpc) is 3.26. The number of rotatable bonds is 2. The summed E-state index contributed by atoms with van der Waals surface area (Å²) in [4.78, 5) is 0. The summed E-state index contributed by atoms with van der Waals surface area (Å²) >= 11 is 0. The number of hydrogen-bond donors (Lipinski definition) is 0. The first-order chi connectivity index (χ1) is 11.0. The van der Waals surface area contributed by atoms with E-state index in [1.807, 2.05) is 0 Å². The molecule has 121 valence electrons. The van der Waals surface area contributed by atoms with Gasteiger partial charge in [-0.2, -0.15) is 0 Å². The molecule has 2 aromatic rings. The van der Waals surface area contributed by atoms with Crippen LogP contribution in [0.15, 0.2) is 24.3 Å². The molecule has 23 heavy (non-hydrogen) atoms. The zero-order valence-electron chi connectivity index (χ0n) is 14.8. The van der Waals surface area contributed by atoms with Crippen molar-refractivity contribution in [3.63, 3.8) is 0 Å². The fourth-order valence-corrected chi connectivity index (χ4v) is 7.35. The summed E-state index contributed by atoms with van der Waals surface area (Å²) in [7, 11) is -0.594. The zero-order chi connectivity index (χ0) is 16.3. The summed E-state index contributed by atoms with van der Waals surface area (Å²) in [5.41, 5.74) is 7.01. The van der Waals surface area contributed by atoms with Gasteiger partial charge in [-0.05, 0) is 60.7 Å². The number of hydrogen-bond acceptors (Lipinski definition) is 2. The first kappa shape index (κ1) is 15.4. The van der Waals surface area contributed by atoms with Crippen LogP contribution >= 0.6 is 0 Å². The van der Waals surface area contributed by atoms with Crippen LogP contribution in [-0.4, -0.2) is 38.8 Å². The Morgan fingerprint density at radius 3 is 2.22 bits per heavy atom. The third kappa shape index (κ3) is 2.37. The van der Waals surface area contributed by atoms with Gasteiger partial charge in [0.1, 0.15) is 8.96 Å². The van der Waals surface area contributed by atoms with E-state index < -0.39 is 8.96 Å². The van der Waals surface area contributed by atoms with Crippen molar-refractivity contribution in [1.82, 2.24) is 4.57 Å². The molecule has 2 aromatic carbocycles. The fourth-order valence-electron chi connectivity index (χ4n) is 4.46. The monoisotopic (exact) mass is 324 g/mol. The molecule has 2 nitrogen and oxygen atoms in total. The zero-order valence-corrected chi connectivity index (χ0v) is 15.8. The molecule has 4 rings (SSSR count). The van der Waals surface area contributed by atoms with Crippen molar-refractivity contribution in [3.05, 3.63) is 46.5 Å². The van der Waals surface area contributed by atoms with E-state index in [1.165, 1.54) is 21.9 Å². The molecule has 3 atom stereocenters. The van der Waals surface area contributed by atoms with Gasteiger partial charge in [0.05, 0.1) is 12.2 Å². The van der Waals surface area contributed by atoms with E-state index in [1.54, 1.807) is 11.1 Å². The lowest BCUT2D eigenvalue weighted by Crippen LogP contribution is -2.51. The molecule has 0 aromatic heterocycles. The third-order valence-electron chi connectivity index (χ3n) is 5.71. The lowest BCUT2D eigenvalue weighted by molar-refractivity contribution is -0.0461. The van der Waals surface area contributed by atoms with Crippen LogP contribution < -0.4 is 0 Å². The number of morpholine rings is 1. The average molecular weight is 325 g/mol. The highest BCUT2D eigenvalue weighted by Gasteiger charge is 2.45. The SMILES string of the molecule is Cc1c2c(c3ccccc3c1C)C2[Si](C)N1CC(C)OC(C)C1. The van der Waals surface area contributed by atoms with Gasteiger partial charge in [0, 0.05) is 18.6 Å². The van der Waals surface area contributed by atoms with Gasteiger partial charge in [0.15, 0.2) is 0 Å². The van der Waals surface area contributed by atoms with Crippen LogP contribution in [0, 0.1) is 13.8 Å². The Labute approximate surface area is 141 Å². The van der Waals surface area contributed by atoms with Crippen molar-refractivity contribution < 1.29 is 4.74 Å². The second-order valence-electron chi connectivity index (χ2n) is 7.36. The Bertz CT molecular complexity index is 762. The van der Waals surface area contributed by atoms with Gasteiger partial charge in [-0.1, -0.05) is 30.8 Å². The van der Waals surface area contributed by atoms with E-state index in [0.29, 0.717) is 17.7 Å². The second kappa shape index (κ2) is 5.44. The molecule has 1 radical (unpaired) electrons. The van der Waals surface area contributed by atoms with Crippen LogP contribution in [0.2, 0.25) is 6.55 Å². The van der Waals surface area contributed by atoms with E-state index in [0.717, 1.165) is 13.1 Å². The van der Waals surface area contributed by atoms with Gasteiger partial charge in [-0.15, -0.1) is 0 Å². The Hall–Kier alpha value is -1.16. The summed E-state index contributed by atoms with van der Waals surface area (Å²) in [5, 5.41) is 2.94. The van der Waals surface area contributed by atoms with Crippen molar-refractivity contribution in [3.8, 4) is 0 Å². The Morgan fingerprint density at radius 2 is 1.57 bits per heavy atom. The molecule has 1 fully saturated rings. The quantitative estimate of drug-likeness (QED) is 0.769. The summed E-state index contributed by atoms with van der Waals surface area (Å²) in [5.74, 6) is 0. The van der Waals surface area contributed by atoms with Crippen LogP contribution in [0.1, 0.15) is 41.6 Å². The minimum atomic E-state index is -0.594. The van der Waals surface area contributed by atoms with Crippen LogP contribution in [0.3, 0.4) is 0 Å². The maximum atomic E-state index is 5.93. The van der Waals surface area contributed by atoms with Gasteiger partial charge >= 0.3 is 0 Å². The number of aryl methyl sites for hydroxylation is 1. The van der Waals surface area contributed by atoms with Crippen molar-refractivity contribution in [1.29, 1.82) is 0 Å². The second-order valence-corrected chi connectivity index (χ2v) is 9.85. The van der Waals surface area contributed by atoms with Gasteiger partial charge in [0.25, 0.3) is 0 Å². The third-order valence-corrected chi connectivity index (χ3v) is 8.48. The molecule has 1 aliphatic carbocycles. The number of benzene rings is 2. The Kier molecular flexibility index (Phi) is 3.63. The molecule has 3 unspecified atom stereocenters. The summed E-state index contributed by atoms with van der Waals surface area (Å²) in [6.45, 7) is 13.7. The van der Waals surface area contributed by atoms with Crippen LogP contribution in [0.4, 0.5) is 0 Å². The van der Waals surface area contributed by atoms with E-state index in [9.17, 15) is 0 Å². The molecular formula is C20H26NOSi. The van der Waals surface area contributed by atoms with Crippen LogP contribution in [0.5, 0.6) is 0 Å². The summed E-state index contributed by atoms with van der Waals surface area (Å²) in [6, 6.07) is 8.96. The van der Waals surface area contributed by atoms with E-state index in [-0.39, 0.29) is 0 Å². The van der Waals surface area contributed by atoms with E-state index >= 15 is 0 Å². The maximum absolute atomic E-state index is 5.93. The van der Waals surface area contributed by atoms with Gasteiger partial charge < -0.3 is 9.30 Å². The Morgan fingerprint density at radius 1 is 0.957 bits per heavy atom. The molecule has 2 aliphatic rings. The minimum Gasteiger partial charge on any atom is -0.373 e. The largest absolute Gasteiger partial charge is 0.373 e. The van der Waals surface area contributed by atoms with Crippen molar-refractivity contribution in [2.75, 3.05) is 13.1 Å². The summed E-state index contributed by atoms with van der Waals surface area (Å²) in [6.07, 6.45) is 0.722. The molecule has 0 N–H and O–H groups in total. The fraction of sp³-hybridized carbons (Fsp3) is 0.500. The standard InChI is InChI=1S/C20H26NOSi/c1-12-10-21(11-13(2)22-12)23(5)20-18-15(4)14(3)16-8-6-7-9-17(16)19(18)20/h6-9,12-13,20H,10-11H2,1-5H3. The lowest BCUT2D eigenvalue weighted by atomic mass is 10.0. The van der Waals surface area contributed by atoms with Gasteiger partial charge in [-0.25, -0.2) is 0 Å². The maximum Gasteiger partial charge on any atom is 0.146 e. The van der Waals surface area contributed by atoms with E-state index in [4.69, 9.17) is 4.74 Å². The van der Waals surface area contributed by atoms with Crippen LogP contribution in [-0.2, 0) is 4.74 Å². The highest BCUT2D eigenvalue weighted by Crippen LogP contribution is 2.53. The lowest BCUT2D eigenvalue weighted by Gasteiger charge is -2.38. The number of fused-ring (bicyclic) bond motifs is 3. The van der Waals surface area contributed by atoms with E-state index in [2.05, 4.69) is 63.1 Å². The molecule has 0 spiro atoms. The molecule has 1 heterocycles. The predicted molar refractivity (Wildman–Crippen MR) is 98.5 cm³/mol. The van der Waals surface area contributed by atoms with Gasteiger partial charge in [-0.3, -0.25) is 0 Å². The molecule has 0 bridgehead atoms. The predicted octanol–water partition coefficient (Wildman–Crippen LogP) is 4.17. The number of nitrogens with zero attached hydrogens (tertiary/aromatic N) is 1. The molecule has 1 aliphatic heterocycles.